The molecule has 0 saturated heterocycles. The standard InChI is InChI=1S/C11H12FN3O3S/c1-19(16,17)13-7-11-14-10(15-18-11)6-8-2-4-9(12)5-3-8/h2-5,13H,6-7H2,1H3. The zero-order valence-electron chi connectivity index (χ0n) is 10.1. The molecule has 1 N–H and O–H groups in total. The quantitative estimate of drug-likeness (QED) is 0.880. The highest BCUT2D eigenvalue weighted by Crippen LogP contribution is 2.08. The van der Waals surface area contributed by atoms with Crippen LogP contribution in [0.4, 0.5) is 4.39 Å². The number of nitrogens with one attached hydrogen (secondary N) is 1. The van der Waals surface area contributed by atoms with Gasteiger partial charge in [0.05, 0.1) is 12.8 Å². The van der Waals surface area contributed by atoms with E-state index in [-0.39, 0.29) is 18.3 Å². The van der Waals surface area contributed by atoms with Crippen LogP contribution < -0.4 is 4.72 Å². The van der Waals surface area contributed by atoms with Crippen LogP contribution in [0.15, 0.2) is 28.8 Å². The van der Waals surface area contributed by atoms with Gasteiger partial charge in [-0.2, -0.15) is 4.98 Å². The van der Waals surface area contributed by atoms with E-state index in [9.17, 15) is 12.8 Å². The molecule has 1 aromatic heterocycles. The van der Waals surface area contributed by atoms with Gasteiger partial charge in [-0.3, -0.25) is 0 Å². The van der Waals surface area contributed by atoms with Crippen LogP contribution in [-0.2, 0) is 23.0 Å². The van der Waals surface area contributed by atoms with Crippen molar-refractivity contribution < 1.29 is 17.3 Å². The first-order valence-electron chi connectivity index (χ1n) is 5.43. The van der Waals surface area contributed by atoms with Gasteiger partial charge in [-0.05, 0) is 17.7 Å². The molecule has 6 nitrogen and oxygen atoms in total. The fraction of sp³-hybridized carbons (Fsp3) is 0.273. The molecule has 1 heterocycles. The summed E-state index contributed by atoms with van der Waals surface area (Å²) in [6.07, 6.45) is 1.44. The van der Waals surface area contributed by atoms with Crippen molar-refractivity contribution in [1.82, 2.24) is 14.9 Å². The Morgan fingerprint density at radius 1 is 1.32 bits per heavy atom. The highest BCUT2D eigenvalue weighted by atomic mass is 32.2. The third-order valence-corrected chi connectivity index (χ3v) is 2.94. The topological polar surface area (TPSA) is 85.1 Å². The number of aromatic nitrogens is 2. The highest BCUT2D eigenvalue weighted by Gasteiger charge is 2.09. The number of sulfonamides is 1. The molecule has 19 heavy (non-hydrogen) atoms. The zero-order chi connectivity index (χ0) is 13.9. The number of halogens is 1. The third-order valence-electron chi connectivity index (χ3n) is 2.27. The highest BCUT2D eigenvalue weighted by molar-refractivity contribution is 7.88. The molecule has 0 aliphatic carbocycles. The summed E-state index contributed by atoms with van der Waals surface area (Å²) in [7, 11) is -3.30. The van der Waals surface area contributed by atoms with Crippen molar-refractivity contribution in [3.63, 3.8) is 0 Å². The number of rotatable bonds is 5. The molecule has 0 radical (unpaired) electrons. The predicted octanol–water partition coefficient (Wildman–Crippen LogP) is 0.849. The second-order valence-electron chi connectivity index (χ2n) is 4.00. The molecule has 0 fully saturated rings. The van der Waals surface area contributed by atoms with Gasteiger partial charge in [0.15, 0.2) is 5.82 Å². The number of hydrogen-bond donors (Lipinski definition) is 1. The monoisotopic (exact) mass is 285 g/mol. The van der Waals surface area contributed by atoms with Crippen LogP contribution in [0.5, 0.6) is 0 Å². The summed E-state index contributed by atoms with van der Waals surface area (Å²) in [5.41, 5.74) is 0.838. The molecular formula is C11H12FN3O3S. The van der Waals surface area contributed by atoms with E-state index in [1.54, 1.807) is 12.1 Å². The Morgan fingerprint density at radius 2 is 2.00 bits per heavy atom. The lowest BCUT2D eigenvalue weighted by Gasteiger charge is -1.96. The van der Waals surface area contributed by atoms with Gasteiger partial charge in [-0.25, -0.2) is 17.5 Å². The maximum atomic E-state index is 12.7. The van der Waals surface area contributed by atoms with Crippen molar-refractivity contribution >= 4 is 10.0 Å². The Kier molecular flexibility index (Phi) is 3.91. The summed E-state index contributed by atoms with van der Waals surface area (Å²) in [5, 5.41) is 3.72. The lowest BCUT2D eigenvalue weighted by molar-refractivity contribution is 0.371. The molecule has 2 aromatic rings. The minimum absolute atomic E-state index is 0.0464. The van der Waals surface area contributed by atoms with E-state index < -0.39 is 10.0 Å². The van der Waals surface area contributed by atoms with Crippen LogP contribution in [0.3, 0.4) is 0 Å². The van der Waals surface area contributed by atoms with E-state index in [0.29, 0.717) is 12.2 Å². The predicted molar refractivity (Wildman–Crippen MR) is 65.2 cm³/mol. The van der Waals surface area contributed by atoms with E-state index >= 15 is 0 Å². The minimum Gasteiger partial charge on any atom is -0.338 e. The molecule has 0 aliphatic rings. The molecule has 1 aromatic carbocycles. The maximum Gasteiger partial charge on any atom is 0.241 e. The van der Waals surface area contributed by atoms with E-state index in [0.717, 1.165) is 11.8 Å². The normalized spacial score (nSPS) is 11.7. The van der Waals surface area contributed by atoms with Gasteiger partial charge in [0.25, 0.3) is 0 Å². The Balaban J connectivity index is 1.99. The largest absolute Gasteiger partial charge is 0.338 e. The van der Waals surface area contributed by atoms with Crippen molar-refractivity contribution in [3.8, 4) is 0 Å². The molecule has 0 atom stereocenters. The molecule has 0 spiro atoms. The number of hydrogen-bond acceptors (Lipinski definition) is 5. The van der Waals surface area contributed by atoms with E-state index in [4.69, 9.17) is 4.52 Å². The number of nitrogens with zero attached hydrogens (tertiary/aromatic N) is 2. The average molecular weight is 285 g/mol. The Hall–Kier alpha value is -1.80. The van der Waals surface area contributed by atoms with E-state index in [1.807, 2.05) is 0 Å². The van der Waals surface area contributed by atoms with Crippen molar-refractivity contribution in [1.29, 1.82) is 0 Å². The molecule has 2 rings (SSSR count). The fourth-order valence-electron chi connectivity index (χ4n) is 1.41. The molecule has 0 amide bonds. The summed E-state index contributed by atoms with van der Waals surface area (Å²) in [6, 6.07) is 5.95. The third kappa shape index (κ3) is 4.42. The van der Waals surface area contributed by atoms with E-state index in [1.165, 1.54) is 12.1 Å². The van der Waals surface area contributed by atoms with Crippen LogP contribution in [0.2, 0.25) is 0 Å². The van der Waals surface area contributed by atoms with Gasteiger partial charge in [0, 0.05) is 6.42 Å². The molecule has 0 aliphatic heterocycles. The Labute approximate surface area is 109 Å². The first-order valence-corrected chi connectivity index (χ1v) is 7.32. The van der Waals surface area contributed by atoms with Gasteiger partial charge in [-0.15, -0.1) is 0 Å². The van der Waals surface area contributed by atoms with Gasteiger partial charge >= 0.3 is 0 Å². The molecular weight excluding hydrogens is 273 g/mol. The molecule has 0 bridgehead atoms. The van der Waals surface area contributed by atoms with Gasteiger partial charge in [0.2, 0.25) is 15.9 Å². The summed E-state index contributed by atoms with van der Waals surface area (Å²) < 4.78 is 41.7. The number of benzene rings is 1. The van der Waals surface area contributed by atoms with Gasteiger partial charge in [0.1, 0.15) is 5.82 Å². The van der Waals surface area contributed by atoms with Crippen LogP contribution in [-0.4, -0.2) is 24.8 Å². The Bertz CT molecular complexity index is 652. The van der Waals surface area contributed by atoms with Crippen molar-refractivity contribution in [2.24, 2.45) is 0 Å². The lowest BCUT2D eigenvalue weighted by atomic mass is 10.1. The van der Waals surface area contributed by atoms with Crippen LogP contribution >= 0.6 is 0 Å². The minimum atomic E-state index is -3.30. The molecule has 8 heteroatoms. The second kappa shape index (κ2) is 5.45. The molecule has 0 unspecified atom stereocenters. The van der Waals surface area contributed by atoms with Gasteiger partial charge in [-0.1, -0.05) is 17.3 Å². The summed E-state index contributed by atoms with van der Waals surface area (Å²) in [5.74, 6) is 0.286. The summed E-state index contributed by atoms with van der Waals surface area (Å²) in [4.78, 5) is 4.03. The van der Waals surface area contributed by atoms with Crippen molar-refractivity contribution in [2.75, 3.05) is 6.26 Å². The summed E-state index contributed by atoms with van der Waals surface area (Å²) in [6.45, 7) is -0.0464. The SMILES string of the molecule is CS(=O)(=O)NCc1nc(Cc2ccc(F)cc2)no1. The Morgan fingerprint density at radius 3 is 2.63 bits per heavy atom. The zero-order valence-corrected chi connectivity index (χ0v) is 10.9. The average Bonchev–Trinajstić information content (AvgIpc) is 2.77. The van der Waals surface area contributed by atoms with Crippen molar-refractivity contribution in [3.05, 3.63) is 47.4 Å². The van der Waals surface area contributed by atoms with Crippen molar-refractivity contribution in [2.45, 2.75) is 13.0 Å². The van der Waals surface area contributed by atoms with Gasteiger partial charge < -0.3 is 4.52 Å². The summed E-state index contributed by atoms with van der Waals surface area (Å²) >= 11 is 0. The van der Waals surface area contributed by atoms with Crippen LogP contribution in [0.1, 0.15) is 17.3 Å². The second-order valence-corrected chi connectivity index (χ2v) is 5.83. The maximum absolute atomic E-state index is 12.7. The lowest BCUT2D eigenvalue weighted by Crippen LogP contribution is -2.21. The fourth-order valence-corrected chi connectivity index (χ4v) is 1.80. The molecule has 102 valence electrons. The first-order chi connectivity index (χ1) is 8.92. The first kappa shape index (κ1) is 13.6. The van der Waals surface area contributed by atoms with E-state index in [2.05, 4.69) is 14.9 Å². The van der Waals surface area contributed by atoms with Crippen LogP contribution in [0, 0.1) is 5.82 Å². The van der Waals surface area contributed by atoms with Crippen LogP contribution in [0.25, 0.3) is 0 Å². The smallest absolute Gasteiger partial charge is 0.241 e. The molecule has 0 saturated carbocycles.